The average Bonchev–Trinajstić information content (AvgIpc) is 2.24. The molecule has 1 aromatic rings. The van der Waals surface area contributed by atoms with Crippen LogP contribution in [0.1, 0.15) is 5.56 Å². The van der Waals surface area contributed by atoms with Crippen LogP contribution in [0.25, 0.3) is 0 Å². The Balaban J connectivity index is 1.71. The van der Waals surface area contributed by atoms with E-state index in [0.717, 1.165) is 6.61 Å². The summed E-state index contributed by atoms with van der Waals surface area (Å²) < 4.78 is 5.56. The van der Waals surface area contributed by atoms with Crippen LogP contribution in [0.5, 0.6) is 0 Å². The Bertz CT molecular complexity index is 307. The monoisotopic (exact) mass is 189 g/mol. The van der Waals surface area contributed by atoms with E-state index < -0.39 is 0 Å². The molecule has 0 bridgehead atoms. The molecule has 0 heterocycles. The maximum absolute atomic E-state index is 5.74. The molecule has 0 saturated carbocycles. The van der Waals surface area contributed by atoms with E-state index in [1.165, 1.54) is 5.56 Å². The average molecular weight is 189 g/mol. The second kappa shape index (κ2) is 4.40. The summed E-state index contributed by atoms with van der Waals surface area (Å²) in [5.74, 6) is 0.415. The molecule has 0 amide bonds. The third-order valence-electron chi connectivity index (χ3n) is 2.50. The molecule has 0 aliphatic heterocycles. The van der Waals surface area contributed by atoms with Gasteiger partial charge in [0, 0.05) is 12.0 Å². The van der Waals surface area contributed by atoms with E-state index in [1.807, 2.05) is 24.3 Å². The SMILES string of the molecule is N[C@H]1C=C[C@H]1COCc1ccccc1. The van der Waals surface area contributed by atoms with E-state index in [1.54, 1.807) is 0 Å². The minimum absolute atomic E-state index is 0.200. The van der Waals surface area contributed by atoms with Gasteiger partial charge in [-0.15, -0.1) is 0 Å². The van der Waals surface area contributed by atoms with Crippen LogP contribution in [0, 0.1) is 5.92 Å². The third-order valence-corrected chi connectivity index (χ3v) is 2.50. The fraction of sp³-hybridized carbons (Fsp3) is 0.333. The highest BCUT2D eigenvalue weighted by Crippen LogP contribution is 2.16. The quantitative estimate of drug-likeness (QED) is 0.732. The maximum atomic E-state index is 5.74. The molecule has 0 spiro atoms. The highest BCUT2D eigenvalue weighted by Gasteiger charge is 2.19. The molecule has 2 heteroatoms. The van der Waals surface area contributed by atoms with Crippen molar-refractivity contribution in [1.29, 1.82) is 0 Å². The molecule has 2 N–H and O–H groups in total. The molecule has 14 heavy (non-hydrogen) atoms. The van der Waals surface area contributed by atoms with Crippen molar-refractivity contribution in [2.24, 2.45) is 11.7 Å². The molecule has 74 valence electrons. The summed E-state index contributed by atoms with van der Waals surface area (Å²) in [5, 5.41) is 0. The lowest BCUT2D eigenvalue weighted by Crippen LogP contribution is -2.36. The first-order chi connectivity index (χ1) is 6.86. The zero-order chi connectivity index (χ0) is 9.80. The van der Waals surface area contributed by atoms with Gasteiger partial charge in [0.25, 0.3) is 0 Å². The maximum Gasteiger partial charge on any atom is 0.0717 e. The zero-order valence-corrected chi connectivity index (χ0v) is 8.10. The molecule has 0 saturated heterocycles. The molecular formula is C12H15NO. The summed E-state index contributed by atoms with van der Waals surface area (Å²) in [6, 6.07) is 10.4. The van der Waals surface area contributed by atoms with Crippen molar-refractivity contribution in [3.63, 3.8) is 0 Å². The largest absolute Gasteiger partial charge is 0.376 e. The topological polar surface area (TPSA) is 35.2 Å². The van der Waals surface area contributed by atoms with Gasteiger partial charge in [-0.3, -0.25) is 0 Å². The minimum Gasteiger partial charge on any atom is -0.376 e. The number of nitrogens with two attached hydrogens (primary N) is 1. The van der Waals surface area contributed by atoms with Crippen molar-refractivity contribution in [3.8, 4) is 0 Å². The molecule has 2 nitrogen and oxygen atoms in total. The summed E-state index contributed by atoms with van der Waals surface area (Å²) in [4.78, 5) is 0. The standard InChI is InChI=1S/C12H15NO/c13-12-7-6-11(12)9-14-8-10-4-2-1-3-5-10/h1-7,11-12H,8-9,13H2/t11-,12-/m0/s1. The van der Waals surface area contributed by atoms with Crippen molar-refractivity contribution in [2.45, 2.75) is 12.6 Å². The van der Waals surface area contributed by atoms with E-state index in [0.29, 0.717) is 12.5 Å². The minimum atomic E-state index is 0.200. The molecule has 0 fully saturated rings. The summed E-state index contributed by atoms with van der Waals surface area (Å²) in [6.07, 6.45) is 4.12. The van der Waals surface area contributed by atoms with Crippen LogP contribution < -0.4 is 5.73 Å². The highest BCUT2D eigenvalue weighted by molar-refractivity contribution is 5.14. The van der Waals surface area contributed by atoms with E-state index in [9.17, 15) is 0 Å². The molecule has 2 rings (SSSR count). The van der Waals surface area contributed by atoms with Gasteiger partial charge in [0.15, 0.2) is 0 Å². The zero-order valence-electron chi connectivity index (χ0n) is 8.10. The summed E-state index contributed by atoms with van der Waals surface area (Å²) in [7, 11) is 0. The fourth-order valence-corrected chi connectivity index (χ4v) is 1.45. The molecule has 0 radical (unpaired) electrons. The molecule has 1 aliphatic rings. The smallest absolute Gasteiger partial charge is 0.0717 e. The summed E-state index contributed by atoms with van der Waals surface area (Å²) in [5.41, 5.74) is 6.95. The van der Waals surface area contributed by atoms with Crippen LogP contribution in [0.4, 0.5) is 0 Å². The Labute approximate surface area is 84.4 Å². The van der Waals surface area contributed by atoms with Gasteiger partial charge in [-0.05, 0) is 5.56 Å². The predicted octanol–water partition coefficient (Wildman–Crippen LogP) is 1.72. The number of benzene rings is 1. The van der Waals surface area contributed by atoms with Gasteiger partial charge in [0.1, 0.15) is 0 Å². The first-order valence-electron chi connectivity index (χ1n) is 4.92. The second-order valence-corrected chi connectivity index (χ2v) is 3.63. The van der Waals surface area contributed by atoms with Gasteiger partial charge in [-0.1, -0.05) is 42.5 Å². The van der Waals surface area contributed by atoms with Gasteiger partial charge in [0.05, 0.1) is 13.2 Å². The Morgan fingerprint density at radius 3 is 2.50 bits per heavy atom. The van der Waals surface area contributed by atoms with Gasteiger partial charge >= 0.3 is 0 Å². The molecule has 2 atom stereocenters. The van der Waals surface area contributed by atoms with Gasteiger partial charge in [-0.2, -0.15) is 0 Å². The number of hydrogen-bond acceptors (Lipinski definition) is 2. The Morgan fingerprint density at radius 1 is 1.14 bits per heavy atom. The van der Waals surface area contributed by atoms with Crippen molar-refractivity contribution < 1.29 is 4.74 Å². The van der Waals surface area contributed by atoms with Crippen LogP contribution in [-0.2, 0) is 11.3 Å². The van der Waals surface area contributed by atoms with E-state index in [4.69, 9.17) is 10.5 Å². The van der Waals surface area contributed by atoms with Crippen LogP contribution in [0.3, 0.4) is 0 Å². The first-order valence-corrected chi connectivity index (χ1v) is 4.92. The Hall–Kier alpha value is -1.12. The Morgan fingerprint density at radius 2 is 1.93 bits per heavy atom. The molecule has 1 aliphatic carbocycles. The predicted molar refractivity (Wildman–Crippen MR) is 56.7 cm³/mol. The van der Waals surface area contributed by atoms with Gasteiger partial charge in [-0.25, -0.2) is 0 Å². The lowest BCUT2D eigenvalue weighted by atomic mass is 9.91. The van der Waals surface area contributed by atoms with Crippen LogP contribution >= 0.6 is 0 Å². The Kier molecular flexibility index (Phi) is 2.96. The summed E-state index contributed by atoms with van der Waals surface area (Å²) in [6.45, 7) is 1.41. The molecule has 0 aromatic heterocycles. The number of ether oxygens (including phenoxy) is 1. The normalized spacial score (nSPS) is 24.6. The van der Waals surface area contributed by atoms with Crippen molar-refractivity contribution >= 4 is 0 Å². The van der Waals surface area contributed by atoms with Crippen LogP contribution in [0.2, 0.25) is 0 Å². The highest BCUT2D eigenvalue weighted by atomic mass is 16.5. The number of hydrogen-bond donors (Lipinski definition) is 1. The second-order valence-electron chi connectivity index (χ2n) is 3.63. The van der Waals surface area contributed by atoms with Crippen LogP contribution in [-0.4, -0.2) is 12.6 Å². The molecular weight excluding hydrogens is 174 g/mol. The van der Waals surface area contributed by atoms with Gasteiger partial charge < -0.3 is 10.5 Å². The van der Waals surface area contributed by atoms with E-state index >= 15 is 0 Å². The van der Waals surface area contributed by atoms with Crippen molar-refractivity contribution in [2.75, 3.05) is 6.61 Å². The third kappa shape index (κ3) is 2.22. The van der Waals surface area contributed by atoms with Gasteiger partial charge in [0.2, 0.25) is 0 Å². The van der Waals surface area contributed by atoms with E-state index in [2.05, 4.69) is 18.2 Å². The lowest BCUT2D eigenvalue weighted by molar-refractivity contribution is 0.0916. The van der Waals surface area contributed by atoms with Crippen molar-refractivity contribution in [1.82, 2.24) is 0 Å². The van der Waals surface area contributed by atoms with E-state index in [-0.39, 0.29) is 6.04 Å². The number of rotatable bonds is 4. The van der Waals surface area contributed by atoms with Crippen molar-refractivity contribution in [3.05, 3.63) is 48.0 Å². The first kappa shape index (κ1) is 9.44. The lowest BCUT2D eigenvalue weighted by Gasteiger charge is -2.25. The summed E-state index contributed by atoms with van der Waals surface area (Å²) >= 11 is 0. The fourth-order valence-electron chi connectivity index (χ4n) is 1.45. The molecule has 1 aromatic carbocycles. The molecule has 0 unspecified atom stereocenters. The van der Waals surface area contributed by atoms with Crippen LogP contribution in [0.15, 0.2) is 42.5 Å².